The number of aromatic nitrogens is 3. The van der Waals surface area contributed by atoms with Crippen molar-refractivity contribution in [2.45, 2.75) is 39.8 Å². The molecule has 0 spiro atoms. The molecule has 0 radical (unpaired) electrons. The van der Waals surface area contributed by atoms with Crippen LogP contribution >= 0.6 is 0 Å². The zero-order valence-corrected chi connectivity index (χ0v) is 12.3. The molecule has 0 fully saturated rings. The molecule has 0 saturated carbocycles. The lowest BCUT2D eigenvalue weighted by Gasteiger charge is -2.13. The Hall–Kier alpha value is -1.88. The number of nitrogens with two attached hydrogens (primary N) is 1. The fraction of sp³-hybridized carbons (Fsp3) is 0.467. The Balaban J connectivity index is 2.12. The Kier molecular flexibility index (Phi) is 4.74. The quantitative estimate of drug-likeness (QED) is 0.877. The summed E-state index contributed by atoms with van der Waals surface area (Å²) < 4.78 is 7.77. The number of hydrogen-bond acceptors (Lipinski definition) is 4. The summed E-state index contributed by atoms with van der Waals surface area (Å²) in [5, 5.41) is 4.21. The summed E-state index contributed by atoms with van der Waals surface area (Å²) in [6.45, 7) is 7.24. The maximum Gasteiger partial charge on any atom is 0.165 e. The topological polar surface area (TPSA) is 66.0 Å². The zero-order valence-electron chi connectivity index (χ0n) is 12.3. The standard InChI is InChI=1S/C15H22N4O/c1-11(2)19-15(17-10-18-19)9-20-14-5-4-12(3)8-13(14)6-7-16/h4-5,8,10-11H,6-7,9,16H2,1-3H3. The van der Waals surface area contributed by atoms with Crippen LogP contribution in [-0.4, -0.2) is 21.3 Å². The molecule has 1 aromatic carbocycles. The molecule has 0 bridgehead atoms. The van der Waals surface area contributed by atoms with E-state index in [9.17, 15) is 0 Å². The first-order valence-electron chi connectivity index (χ1n) is 6.92. The minimum atomic E-state index is 0.276. The van der Waals surface area contributed by atoms with E-state index in [0.717, 1.165) is 23.6 Å². The molecule has 0 amide bonds. The molecule has 5 heteroatoms. The van der Waals surface area contributed by atoms with Crippen LogP contribution in [-0.2, 0) is 13.0 Å². The van der Waals surface area contributed by atoms with Crippen LogP contribution in [0.1, 0.15) is 36.8 Å². The van der Waals surface area contributed by atoms with Crippen molar-refractivity contribution in [2.24, 2.45) is 5.73 Å². The first-order valence-corrected chi connectivity index (χ1v) is 6.92. The minimum absolute atomic E-state index is 0.276. The molecule has 2 rings (SSSR count). The Morgan fingerprint density at radius 1 is 1.35 bits per heavy atom. The predicted octanol–water partition coefficient (Wildman–Crippen LogP) is 2.25. The molecule has 0 aliphatic carbocycles. The molecule has 1 heterocycles. The maximum atomic E-state index is 5.90. The fourth-order valence-corrected chi connectivity index (χ4v) is 2.15. The fourth-order valence-electron chi connectivity index (χ4n) is 2.15. The first kappa shape index (κ1) is 14.5. The van der Waals surface area contributed by atoms with Gasteiger partial charge >= 0.3 is 0 Å². The van der Waals surface area contributed by atoms with E-state index in [2.05, 4.69) is 36.9 Å². The molecule has 5 nitrogen and oxygen atoms in total. The second kappa shape index (κ2) is 6.52. The van der Waals surface area contributed by atoms with Gasteiger partial charge in [-0.1, -0.05) is 17.7 Å². The second-order valence-electron chi connectivity index (χ2n) is 5.15. The van der Waals surface area contributed by atoms with Gasteiger partial charge in [0, 0.05) is 6.04 Å². The lowest BCUT2D eigenvalue weighted by Crippen LogP contribution is -2.12. The molecular weight excluding hydrogens is 252 g/mol. The van der Waals surface area contributed by atoms with E-state index < -0.39 is 0 Å². The van der Waals surface area contributed by atoms with Gasteiger partial charge in [-0.2, -0.15) is 5.10 Å². The highest BCUT2D eigenvalue weighted by molar-refractivity contribution is 5.37. The Morgan fingerprint density at radius 2 is 2.15 bits per heavy atom. The van der Waals surface area contributed by atoms with E-state index in [1.54, 1.807) is 6.33 Å². The third-order valence-electron chi connectivity index (χ3n) is 3.12. The molecule has 0 atom stereocenters. The summed E-state index contributed by atoms with van der Waals surface area (Å²) >= 11 is 0. The van der Waals surface area contributed by atoms with Crippen molar-refractivity contribution in [1.29, 1.82) is 0 Å². The van der Waals surface area contributed by atoms with E-state index in [1.165, 1.54) is 5.56 Å². The first-order chi connectivity index (χ1) is 9.61. The van der Waals surface area contributed by atoms with Crippen LogP contribution in [0.25, 0.3) is 0 Å². The third kappa shape index (κ3) is 3.36. The third-order valence-corrected chi connectivity index (χ3v) is 3.12. The monoisotopic (exact) mass is 274 g/mol. The van der Waals surface area contributed by atoms with Crippen LogP contribution < -0.4 is 10.5 Å². The average Bonchev–Trinajstić information content (AvgIpc) is 2.87. The molecule has 1 aromatic heterocycles. The van der Waals surface area contributed by atoms with E-state index in [0.29, 0.717) is 13.2 Å². The van der Waals surface area contributed by atoms with Crippen LogP contribution in [0.15, 0.2) is 24.5 Å². The Morgan fingerprint density at radius 3 is 2.85 bits per heavy atom. The lowest BCUT2D eigenvalue weighted by molar-refractivity contribution is 0.279. The van der Waals surface area contributed by atoms with Crippen LogP contribution in [0.4, 0.5) is 0 Å². The van der Waals surface area contributed by atoms with Gasteiger partial charge in [-0.3, -0.25) is 0 Å². The van der Waals surface area contributed by atoms with E-state index in [-0.39, 0.29) is 6.04 Å². The zero-order chi connectivity index (χ0) is 14.5. The van der Waals surface area contributed by atoms with Crippen molar-refractivity contribution < 1.29 is 4.74 Å². The lowest BCUT2D eigenvalue weighted by atomic mass is 10.1. The Bertz CT molecular complexity index is 563. The molecule has 0 aliphatic heterocycles. The summed E-state index contributed by atoms with van der Waals surface area (Å²) in [6, 6.07) is 6.44. The van der Waals surface area contributed by atoms with Crippen LogP contribution in [0.3, 0.4) is 0 Å². The molecule has 0 aliphatic rings. The summed E-state index contributed by atoms with van der Waals surface area (Å²) in [5.41, 5.74) is 8.01. The largest absolute Gasteiger partial charge is 0.485 e. The van der Waals surface area contributed by atoms with Crippen molar-refractivity contribution in [1.82, 2.24) is 14.8 Å². The van der Waals surface area contributed by atoms with Crippen molar-refractivity contribution in [3.8, 4) is 5.75 Å². The average molecular weight is 274 g/mol. The SMILES string of the molecule is Cc1ccc(OCc2ncnn2C(C)C)c(CCN)c1. The molecule has 108 valence electrons. The normalized spacial score (nSPS) is 11.1. The number of ether oxygens (including phenoxy) is 1. The van der Waals surface area contributed by atoms with E-state index >= 15 is 0 Å². The molecular formula is C15H22N4O. The van der Waals surface area contributed by atoms with Crippen LogP contribution in [0, 0.1) is 6.92 Å². The van der Waals surface area contributed by atoms with Crippen molar-refractivity contribution >= 4 is 0 Å². The van der Waals surface area contributed by atoms with Gasteiger partial charge in [0.2, 0.25) is 0 Å². The van der Waals surface area contributed by atoms with Gasteiger partial charge in [0.1, 0.15) is 18.7 Å². The molecule has 20 heavy (non-hydrogen) atoms. The van der Waals surface area contributed by atoms with Crippen molar-refractivity contribution in [3.63, 3.8) is 0 Å². The van der Waals surface area contributed by atoms with Gasteiger partial charge in [0.15, 0.2) is 5.82 Å². The number of rotatable bonds is 6. The van der Waals surface area contributed by atoms with Crippen molar-refractivity contribution in [3.05, 3.63) is 41.5 Å². The smallest absolute Gasteiger partial charge is 0.165 e. The highest BCUT2D eigenvalue weighted by atomic mass is 16.5. The second-order valence-corrected chi connectivity index (χ2v) is 5.15. The highest BCUT2D eigenvalue weighted by Crippen LogP contribution is 2.21. The van der Waals surface area contributed by atoms with E-state index in [1.807, 2.05) is 16.8 Å². The highest BCUT2D eigenvalue weighted by Gasteiger charge is 2.10. The number of hydrogen-bond donors (Lipinski definition) is 1. The van der Waals surface area contributed by atoms with Crippen LogP contribution in [0.5, 0.6) is 5.75 Å². The van der Waals surface area contributed by atoms with Crippen LogP contribution in [0.2, 0.25) is 0 Å². The minimum Gasteiger partial charge on any atom is -0.485 e. The Labute approximate surface area is 119 Å². The van der Waals surface area contributed by atoms with Gasteiger partial charge < -0.3 is 10.5 Å². The van der Waals surface area contributed by atoms with Gasteiger partial charge in [-0.05, 0) is 45.4 Å². The number of aryl methyl sites for hydroxylation is 1. The molecule has 0 unspecified atom stereocenters. The maximum absolute atomic E-state index is 5.90. The summed E-state index contributed by atoms with van der Waals surface area (Å²) in [6.07, 6.45) is 2.38. The van der Waals surface area contributed by atoms with Gasteiger partial charge in [0.25, 0.3) is 0 Å². The summed E-state index contributed by atoms with van der Waals surface area (Å²) in [4.78, 5) is 4.25. The van der Waals surface area contributed by atoms with Gasteiger partial charge in [0.05, 0.1) is 0 Å². The number of nitrogens with zero attached hydrogens (tertiary/aromatic N) is 3. The summed E-state index contributed by atoms with van der Waals surface area (Å²) in [5.74, 6) is 1.71. The van der Waals surface area contributed by atoms with E-state index in [4.69, 9.17) is 10.5 Å². The van der Waals surface area contributed by atoms with Gasteiger partial charge in [-0.25, -0.2) is 9.67 Å². The molecule has 2 N–H and O–H groups in total. The summed E-state index contributed by atoms with van der Waals surface area (Å²) in [7, 11) is 0. The molecule has 2 aromatic rings. The molecule has 0 saturated heterocycles. The van der Waals surface area contributed by atoms with Gasteiger partial charge in [-0.15, -0.1) is 0 Å². The predicted molar refractivity (Wildman–Crippen MR) is 78.7 cm³/mol. The number of benzene rings is 1. The van der Waals surface area contributed by atoms with Crippen molar-refractivity contribution in [2.75, 3.05) is 6.54 Å².